The van der Waals surface area contributed by atoms with Gasteiger partial charge < -0.3 is 4.57 Å². The zero-order valence-corrected chi connectivity index (χ0v) is 32.8. The van der Waals surface area contributed by atoms with E-state index in [1.165, 1.54) is 116 Å². The number of hydrogen-bond donors (Lipinski definition) is 0. The molecule has 274 valence electrons. The van der Waals surface area contributed by atoms with E-state index >= 15 is 0 Å². The van der Waals surface area contributed by atoms with E-state index in [1.54, 1.807) is 0 Å². The average Bonchev–Trinajstić information content (AvgIpc) is 3.91. The Balaban J connectivity index is 1.11. The van der Waals surface area contributed by atoms with Crippen molar-refractivity contribution < 1.29 is 0 Å². The van der Waals surface area contributed by atoms with E-state index in [-0.39, 0.29) is 5.41 Å². The molecule has 0 bridgehead atoms. The standard InChI is InChI=1S/C57H41N/c1-3-57(4-2)49-33-39(29-31-41(49)42-32-30-40(34-50(42)57)58-51-27-13-11-23-43(51)44-24-12-14-28-52(44)58)48-35-47(36-17-7-5-8-18-36)55-45-25-15-21-37-22-16-26-46(53(37)45)56(55)54(48)38-19-9-6-10-20-38/h5-35H,3-4H2,1-2H3. The second-order valence-corrected chi connectivity index (χ2v) is 16.2. The summed E-state index contributed by atoms with van der Waals surface area (Å²) in [6.45, 7) is 4.77. The van der Waals surface area contributed by atoms with E-state index in [0.29, 0.717) is 0 Å². The fraction of sp³-hybridized carbons (Fsp3) is 0.0877. The van der Waals surface area contributed by atoms with Crippen molar-refractivity contribution in [2.24, 2.45) is 0 Å². The quantitative estimate of drug-likeness (QED) is 0.160. The van der Waals surface area contributed by atoms with E-state index in [2.05, 4.69) is 206 Å². The minimum Gasteiger partial charge on any atom is -0.309 e. The van der Waals surface area contributed by atoms with E-state index in [9.17, 15) is 0 Å². The Morgan fingerprint density at radius 3 is 1.59 bits per heavy atom. The van der Waals surface area contributed by atoms with Crippen LogP contribution in [0.1, 0.15) is 37.8 Å². The van der Waals surface area contributed by atoms with Crippen LogP contribution in [0.4, 0.5) is 0 Å². The highest BCUT2D eigenvalue weighted by Gasteiger charge is 2.41. The van der Waals surface area contributed by atoms with E-state index in [1.807, 2.05) is 0 Å². The molecule has 0 radical (unpaired) electrons. The highest BCUT2D eigenvalue weighted by atomic mass is 15.0. The van der Waals surface area contributed by atoms with Gasteiger partial charge in [0.2, 0.25) is 0 Å². The van der Waals surface area contributed by atoms with Gasteiger partial charge in [0.1, 0.15) is 0 Å². The number of para-hydroxylation sites is 2. The van der Waals surface area contributed by atoms with Gasteiger partial charge in [0, 0.05) is 21.9 Å². The Labute approximate surface area is 339 Å². The van der Waals surface area contributed by atoms with Crippen LogP contribution >= 0.6 is 0 Å². The van der Waals surface area contributed by atoms with Crippen molar-refractivity contribution in [1.82, 2.24) is 4.57 Å². The maximum Gasteiger partial charge on any atom is 0.0541 e. The van der Waals surface area contributed by atoms with Gasteiger partial charge in [0.15, 0.2) is 0 Å². The average molecular weight is 740 g/mol. The summed E-state index contributed by atoms with van der Waals surface area (Å²) >= 11 is 0. The topological polar surface area (TPSA) is 4.93 Å². The van der Waals surface area contributed by atoms with Crippen LogP contribution in [0, 0.1) is 0 Å². The van der Waals surface area contributed by atoms with Crippen LogP contribution in [-0.4, -0.2) is 4.57 Å². The van der Waals surface area contributed by atoms with Crippen molar-refractivity contribution >= 4 is 32.6 Å². The lowest BCUT2D eigenvalue weighted by Crippen LogP contribution is -2.23. The summed E-state index contributed by atoms with van der Waals surface area (Å²) < 4.78 is 2.47. The minimum atomic E-state index is -0.122. The van der Waals surface area contributed by atoms with Crippen LogP contribution in [-0.2, 0) is 5.41 Å². The van der Waals surface area contributed by atoms with Crippen molar-refractivity contribution in [3.8, 4) is 72.4 Å². The number of rotatable bonds is 6. The van der Waals surface area contributed by atoms with Crippen LogP contribution in [0.5, 0.6) is 0 Å². The molecule has 1 heterocycles. The second-order valence-electron chi connectivity index (χ2n) is 16.2. The normalized spacial score (nSPS) is 13.3. The van der Waals surface area contributed by atoms with Crippen LogP contribution in [0.2, 0.25) is 0 Å². The summed E-state index contributed by atoms with van der Waals surface area (Å²) in [5.41, 5.74) is 22.1. The number of hydrogen-bond acceptors (Lipinski definition) is 0. The van der Waals surface area contributed by atoms with Crippen molar-refractivity contribution in [3.05, 3.63) is 199 Å². The van der Waals surface area contributed by atoms with Gasteiger partial charge in [0.25, 0.3) is 0 Å². The molecule has 0 fully saturated rings. The molecule has 1 heteroatoms. The van der Waals surface area contributed by atoms with Gasteiger partial charge in [-0.3, -0.25) is 0 Å². The van der Waals surface area contributed by atoms with Gasteiger partial charge in [0.05, 0.1) is 11.0 Å². The summed E-state index contributed by atoms with van der Waals surface area (Å²) in [5.74, 6) is 0. The molecule has 1 nitrogen and oxygen atoms in total. The number of fused-ring (bicyclic) bond motifs is 9. The summed E-state index contributed by atoms with van der Waals surface area (Å²) in [5, 5.41) is 5.23. The molecule has 0 amide bonds. The maximum atomic E-state index is 2.56. The van der Waals surface area contributed by atoms with Gasteiger partial charge in [-0.05, 0) is 138 Å². The molecular formula is C57H41N. The van der Waals surface area contributed by atoms with E-state index < -0.39 is 0 Å². The third-order valence-electron chi connectivity index (χ3n) is 13.6. The van der Waals surface area contributed by atoms with E-state index in [4.69, 9.17) is 0 Å². The molecule has 0 unspecified atom stereocenters. The number of aromatic nitrogens is 1. The molecule has 0 saturated carbocycles. The number of benzene rings is 9. The lowest BCUT2D eigenvalue weighted by Gasteiger charge is -2.30. The van der Waals surface area contributed by atoms with Gasteiger partial charge in [-0.2, -0.15) is 0 Å². The first-order valence-corrected chi connectivity index (χ1v) is 20.8. The Kier molecular flexibility index (Phi) is 7.17. The van der Waals surface area contributed by atoms with Gasteiger partial charge in [-0.25, -0.2) is 0 Å². The SMILES string of the molecule is CCC1(CC)c2cc(-c3cc(-c4ccccc4)c4c(c3-c3ccccc3)-c3cccc5cccc-4c35)ccc2-c2ccc(-n3c4ccccc4c4ccccc43)cc21. The fourth-order valence-electron chi connectivity index (χ4n) is 11.0. The first-order chi connectivity index (χ1) is 28.7. The molecule has 58 heavy (non-hydrogen) atoms. The highest BCUT2D eigenvalue weighted by Crippen LogP contribution is 2.59. The summed E-state index contributed by atoms with van der Waals surface area (Å²) in [6.07, 6.45) is 2.04. The summed E-state index contributed by atoms with van der Waals surface area (Å²) in [4.78, 5) is 0. The molecule has 1 aromatic heterocycles. The van der Waals surface area contributed by atoms with Crippen molar-refractivity contribution in [2.75, 3.05) is 0 Å². The van der Waals surface area contributed by atoms with Gasteiger partial charge >= 0.3 is 0 Å². The first-order valence-electron chi connectivity index (χ1n) is 20.8. The molecule has 0 aliphatic heterocycles. The predicted octanol–water partition coefficient (Wildman–Crippen LogP) is 15.7. The first kappa shape index (κ1) is 33.2. The zero-order chi connectivity index (χ0) is 38.5. The summed E-state index contributed by atoms with van der Waals surface area (Å²) in [6, 6.07) is 70.6. The van der Waals surface area contributed by atoms with Gasteiger partial charge in [-0.15, -0.1) is 0 Å². The second kappa shape index (κ2) is 12.5. The van der Waals surface area contributed by atoms with Gasteiger partial charge in [-0.1, -0.05) is 166 Å². The lowest BCUT2D eigenvalue weighted by atomic mass is 9.73. The zero-order valence-electron chi connectivity index (χ0n) is 32.8. The Hall–Kier alpha value is -6.96. The lowest BCUT2D eigenvalue weighted by molar-refractivity contribution is 0.490. The van der Waals surface area contributed by atoms with Crippen molar-refractivity contribution in [3.63, 3.8) is 0 Å². The van der Waals surface area contributed by atoms with E-state index in [0.717, 1.165) is 12.8 Å². The molecule has 12 rings (SSSR count). The smallest absolute Gasteiger partial charge is 0.0541 e. The molecule has 0 spiro atoms. The largest absolute Gasteiger partial charge is 0.309 e. The molecule has 9 aromatic carbocycles. The predicted molar refractivity (Wildman–Crippen MR) is 246 cm³/mol. The van der Waals surface area contributed by atoms with Crippen LogP contribution in [0.3, 0.4) is 0 Å². The van der Waals surface area contributed by atoms with Crippen LogP contribution in [0.15, 0.2) is 188 Å². The summed E-state index contributed by atoms with van der Waals surface area (Å²) in [7, 11) is 0. The Morgan fingerprint density at radius 1 is 0.379 bits per heavy atom. The van der Waals surface area contributed by atoms with Crippen molar-refractivity contribution in [1.29, 1.82) is 0 Å². The van der Waals surface area contributed by atoms with Crippen LogP contribution < -0.4 is 0 Å². The Bertz CT molecular complexity index is 3230. The molecule has 2 aliphatic carbocycles. The third kappa shape index (κ3) is 4.47. The monoisotopic (exact) mass is 739 g/mol. The molecule has 0 N–H and O–H groups in total. The highest BCUT2D eigenvalue weighted by molar-refractivity contribution is 6.22. The Morgan fingerprint density at radius 2 is 0.931 bits per heavy atom. The number of nitrogens with zero attached hydrogens (tertiary/aromatic N) is 1. The maximum absolute atomic E-state index is 2.56. The van der Waals surface area contributed by atoms with Crippen LogP contribution in [0.25, 0.3) is 105 Å². The molecule has 0 atom stereocenters. The molecule has 0 saturated heterocycles. The minimum absolute atomic E-state index is 0.122. The molecular weight excluding hydrogens is 699 g/mol. The van der Waals surface area contributed by atoms with Crippen molar-refractivity contribution in [2.45, 2.75) is 32.1 Å². The fourth-order valence-corrected chi connectivity index (χ4v) is 11.0. The third-order valence-corrected chi connectivity index (χ3v) is 13.6. The molecule has 10 aromatic rings. The molecule has 2 aliphatic rings.